The van der Waals surface area contributed by atoms with Gasteiger partial charge in [-0.1, -0.05) is 80.6 Å². The third kappa shape index (κ3) is 3.07. The standard InChI is InChI=1S/C27H30N2/c1-20(2)27(21-14-8-6-9-15-21)25(28-22-16-10-7-11-17-22)23-18-12-13-19-24(23)29(27)26(3,4)5/h6-20H,1-5H3. The largest absolute Gasteiger partial charge is 0.350 e. The summed E-state index contributed by atoms with van der Waals surface area (Å²) in [6.45, 7) is 11.5. The Kier molecular flexibility index (Phi) is 4.82. The fourth-order valence-electron chi connectivity index (χ4n) is 4.86. The van der Waals surface area contributed by atoms with Gasteiger partial charge >= 0.3 is 0 Å². The maximum Gasteiger partial charge on any atom is 0.111 e. The number of nitrogens with zero attached hydrogens (tertiary/aromatic N) is 2. The minimum Gasteiger partial charge on any atom is -0.350 e. The lowest BCUT2D eigenvalue weighted by atomic mass is 9.73. The number of anilines is 1. The minimum absolute atomic E-state index is 0.0792. The molecule has 3 aromatic carbocycles. The third-order valence-electron chi connectivity index (χ3n) is 5.83. The van der Waals surface area contributed by atoms with Crippen molar-refractivity contribution in [2.24, 2.45) is 10.9 Å². The Morgan fingerprint density at radius 2 is 1.31 bits per heavy atom. The molecule has 1 atom stereocenters. The van der Waals surface area contributed by atoms with Crippen molar-refractivity contribution in [2.75, 3.05) is 4.90 Å². The van der Waals surface area contributed by atoms with Gasteiger partial charge in [0.2, 0.25) is 0 Å². The van der Waals surface area contributed by atoms with Crippen LogP contribution in [0.3, 0.4) is 0 Å². The zero-order chi connectivity index (χ0) is 20.6. The van der Waals surface area contributed by atoms with E-state index in [0.29, 0.717) is 5.92 Å². The minimum atomic E-state index is -0.348. The Morgan fingerprint density at radius 1 is 0.759 bits per heavy atom. The number of aliphatic imine (C=N–C) groups is 1. The zero-order valence-electron chi connectivity index (χ0n) is 18.1. The molecule has 0 saturated heterocycles. The van der Waals surface area contributed by atoms with Crippen molar-refractivity contribution >= 4 is 17.1 Å². The normalized spacial score (nSPS) is 20.3. The summed E-state index contributed by atoms with van der Waals surface area (Å²) in [5.74, 6) is 0.319. The van der Waals surface area contributed by atoms with Gasteiger partial charge in [-0.3, -0.25) is 0 Å². The van der Waals surface area contributed by atoms with Crippen LogP contribution in [-0.4, -0.2) is 11.3 Å². The van der Waals surface area contributed by atoms with E-state index in [-0.39, 0.29) is 11.1 Å². The SMILES string of the molecule is CC(C)C1(c2ccccc2)C(=Nc2ccccc2)c2ccccc2N1C(C)(C)C. The van der Waals surface area contributed by atoms with Crippen molar-refractivity contribution in [1.29, 1.82) is 0 Å². The van der Waals surface area contributed by atoms with Crippen molar-refractivity contribution in [3.63, 3.8) is 0 Å². The first-order chi connectivity index (χ1) is 13.9. The highest BCUT2D eigenvalue weighted by molar-refractivity contribution is 6.18. The fourth-order valence-corrected chi connectivity index (χ4v) is 4.86. The van der Waals surface area contributed by atoms with E-state index in [2.05, 4.69) is 118 Å². The average Bonchev–Trinajstić information content (AvgIpc) is 3.01. The molecule has 0 radical (unpaired) electrons. The highest BCUT2D eigenvalue weighted by atomic mass is 15.3. The highest BCUT2D eigenvalue weighted by Crippen LogP contribution is 2.53. The van der Waals surface area contributed by atoms with Crippen molar-refractivity contribution in [1.82, 2.24) is 0 Å². The molecule has 0 saturated carbocycles. The van der Waals surface area contributed by atoms with Crippen LogP contribution in [0.1, 0.15) is 45.7 Å². The van der Waals surface area contributed by atoms with Gasteiger partial charge in [0.25, 0.3) is 0 Å². The maximum absolute atomic E-state index is 5.29. The van der Waals surface area contributed by atoms with Gasteiger partial charge in [0.1, 0.15) is 5.54 Å². The molecule has 0 amide bonds. The van der Waals surface area contributed by atoms with E-state index >= 15 is 0 Å². The molecule has 1 aliphatic rings. The molecule has 29 heavy (non-hydrogen) atoms. The van der Waals surface area contributed by atoms with Crippen molar-refractivity contribution in [3.8, 4) is 0 Å². The predicted molar refractivity (Wildman–Crippen MR) is 124 cm³/mol. The van der Waals surface area contributed by atoms with Crippen molar-refractivity contribution in [3.05, 3.63) is 96.1 Å². The molecule has 148 valence electrons. The molecule has 1 aliphatic heterocycles. The molecule has 0 spiro atoms. The van der Waals surface area contributed by atoms with Crippen LogP contribution < -0.4 is 4.90 Å². The monoisotopic (exact) mass is 382 g/mol. The van der Waals surface area contributed by atoms with Crippen LogP contribution in [0.4, 0.5) is 11.4 Å². The molecular weight excluding hydrogens is 352 g/mol. The van der Waals surface area contributed by atoms with Crippen LogP contribution in [0.15, 0.2) is 89.9 Å². The summed E-state index contributed by atoms with van der Waals surface area (Å²) in [7, 11) is 0. The summed E-state index contributed by atoms with van der Waals surface area (Å²) in [6, 6.07) is 30.0. The van der Waals surface area contributed by atoms with E-state index in [1.807, 2.05) is 6.07 Å². The molecular formula is C27H30N2. The molecule has 0 aromatic heterocycles. The van der Waals surface area contributed by atoms with Crippen molar-refractivity contribution in [2.45, 2.75) is 45.7 Å². The number of benzene rings is 3. The molecule has 4 rings (SSSR count). The molecule has 1 unspecified atom stereocenters. The van der Waals surface area contributed by atoms with Gasteiger partial charge in [0.15, 0.2) is 0 Å². The number of hydrogen-bond acceptors (Lipinski definition) is 2. The summed E-state index contributed by atoms with van der Waals surface area (Å²) in [5, 5.41) is 0. The quantitative estimate of drug-likeness (QED) is 0.477. The summed E-state index contributed by atoms with van der Waals surface area (Å²) >= 11 is 0. The predicted octanol–water partition coefficient (Wildman–Crippen LogP) is 6.98. The summed E-state index contributed by atoms with van der Waals surface area (Å²) < 4.78 is 0. The molecule has 2 nitrogen and oxygen atoms in total. The molecule has 1 heterocycles. The zero-order valence-corrected chi connectivity index (χ0v) is 18.1. The highest BCUT2D eigenvalue weighted by Gasteiger charge is 2.55. The molecule has 3 aromatic rings. The number of para-hydroxylation sites is 2. The lowest BCUT2D eigenvalue weighted by Crippen LogP contribution is -2.59. The molecule has 0 N–H and O–H groups in total. The fraction of sp³-hybridized carbons (Fsp3) is 0.296. The first-order valence-electron chi connectivity index (χ1n) is 10.5. The maximum atomic E-state index is 5.29. The number of fused-ring (bicyclic) bond motifs is 1. The van der Waals surface area contributed by atoms with Crippen LogP contribution in [0, 0.1) is 5.92 Å². The first-order valence-corrected chi connectivity index (χ1v) is 10.5. The van der Waals surface area contributed by atoms with E-state index in [1.54, 1.807) is 0 Å². The van der Waals surface area contributed by atoms with Crippen LogP contribution in [0.25, 0.3) is 0 Å². The number of rotatable bonds is 3. The van der Waals surface area contributed by atoms with Crippen molar-refractivity contribution < 1.29 is 0 Å². The second kappa shape index (κ2) is 7.18. The Morgan fingerprint density at radius 3 is 1.90 bits per heavy atom. The Labute approximate surface area is 174 Å². The lowest BCUT2D eigenvalue weighted by Gasteiger charge is -2.51. The van der Waals surface area contributed by atoms with E-state index in [0.717, 1.165) is 11.4 Å². The Hall–Kier alpha value is -2.87. The van der Waals surface area contributed by atoms with Gasteiger partial charge in [-0.15, -0.1) is 0 Å². The van der Waals surface area contributed by atoms with E-state index in [4.69, 9.17) is 4.99 Å². The van der Waals surface area contributed by atoms with Gasteiger partial charge < -0.3 is 4.90 Å². The molecule has 0 bridgehead atoms. The summed E-state index contributed by atoms with van der Waals surface area (Å²) in [5.41, 5.74) is 5.47. The topological polar surface area (TPSA) is 15.6 Å². The van der Waals surface area contributed by atoms with E-state index < -0.39 is 0 Å². The third-order valence-corrected chi connectivity index (χ3v) is 5.83. The van der Waals surface area contributed by atoms with E-state index in [9.17, 15) is 0 Å². The Balaban J connectivity index is 2.12. The van der Waals surface area contributed by atoms with Gasteiger partial charge in [-0.25, -0.2) is 4.99 Å². The molecule has 0 aliphatic carbocycles. The number of hydrogen-bond donors (Lipinski definition) is 0. The second-order valence-electron chi connectivity index (χ2n) is 9.11. The average molecular weight is 383 g/mol. The first kappa shape index (κ1) is 19.4. The van der Waals surface area contributed by atoms with Gasteiger partial charge in [-0.05, 0) is 50.5 Å². The van der Waals surface area contributed by atoms with Crippen LogP contribution in [0.2, 0.25) is 0 Å². The summed E-state index contributed by atoms with van der Waals surface area (Å²) in [4.78, 5) is 7.88. The summed E-state index contributed by atoms with van der Waals surface area (Å²) in [6.07, 6.45) is 0. The smallest absolute Gasteiger partial charge is 0.111 e. The molecule has 0 fully saturated rings. The van der Waals surface area contributed by atoms with Crippen LogP contribution >= 0.6 is 0 Å². The van der Waals surface area contributed by atoms with Gasteiger partial charge in [-0.2, -0.15) is 0 Å². The van der Waals surface area contributed by atoms with Crippen LogP contribution in [0.5, 0.6) is 0 Å². The molecule has 2 heteroatoms. The van der Waals surface area contributed by atoms with Gasteiger partial charge in [0.05, 0.1) is 11.4 Å². The van der Waals surface area contributed by atoms with E-state index in [1.165, 1.54) is 16.8 Å². The Bertz CT molecular complexity index is 1010. The lowest BCUT2D eigenvalue weighted by molar-refractivity contribution is 0.327. The second-order valence-corrected chi connectivity index (χ2v) is 9.11. The van der Waals surface area contributed by atoms with Gasteiger partial charge in [0, 0.05) is 16.8 Å². The van der Waals surface area contributed by atoms with Crippen LogP contribution in [-0.2, 0) is 5.54 Å².